The maximum atomic E-state index is 11.9. The summed E-state index contributed by atoms with van der Waals surface area (Å²) in [4.78, 5) is 11.9. The van der Waals surface area contributed by atoms with Crippen molar-refractivity contribution in [3.05, 3.63) is 33.8 Å². The second kappa shape index (κ2) is 4.80. The third-order valence-electron chi connectivity index (χ3n) is 2.40. The summed E-state index contributed by atoms with van der Waals surface area (Å²) in [5.74, 6) is 0.607. The standard InChI is InChI=1S/C13H17ClO/c1-8(2)5-13(15)11-6-10(4)12(14)7-9(11)3/h6-8H,5H2,1-4H3. The zero-order chi connectivity index (χ0) is 11.6. The van der Waals surface area contributed by atoms with Gasteiger partial charge in [0.05, 0.1) is 0 Å². The third-order valence-corrected chi connectivity index (χ3v) is 2.81. The third kappa shape index (κ3) is 3.07. The van der Waals surface area contributed by atoms with Crippen LogP contribution in [0.2, 0.25) is 5.02 Å². The number of hydrogen-bond acceptors (Lipinski definition) is 1. The lowest BCUT2D eigenvalue weighted by atomic mass is 9.96. The van der Waals surface area contributed by atoms with Crippen molar-refractivity contribution in [1.82, 2.24) is 0 Å². The van der Waals surface area contributed by atoms with E-state index < -0.39 is 0 Å². The lowest BCUT2D eigenvalue weighted by Crippen LogP contribution is -2.06. The zero-order valence-electron chi connectivity index (χ0n) is 9.73. The fraction of sp³-hybridized carbons (Fsp3) is 0.462. The van der Waals surface area contributed by atoms with Crippen molar-refractivity contribution in [2.24, 2.45) is 5.92 Å². The van der Waals surface area contributed by atoms with Crippen LogP contribution in [0.5, 0.6) is 0 Å². The normalized spacial score (nSPS) is 10.8. The van der Waals surface area contributed by atoms with E-state index in [1.165, 1.54) is 0 Å². The van der Waals surface area contributed by atoms with E-state index in [2.05, 4.69) is 13.8 Å². The summed E-state index contributed by atoms with van der Waals surface area (Å²) >= 11 is 5.99. The molecule has 0 aliphatic carbocycles. The van der Waals surface area contributed by atoms with Gasteiger partial charge in [0.15, 0.2) is 5.78 Å². The van der Waals surface area contributed by atoms with Crippen LogP contribution in [0.1, 0.15) is 41.8 Å². The van der Waals surface area contributed by atoms with Crippen LogP contribution in [0.3, 0.4) is 0 Å². The van der Waals surface area contributed by atoms with Crippen LogP contribution < -0.4 is 0 Å². The molecular formula is C13H17ClO. The molecule has 0 unspecified atom stereocenters. The monoisotopic (exact) mass is 224 g/mol. The second-order valence-corrected chi connectivity index (χ2v) is 4.84. The molecule has 0 saturated carbocycles. The highest BCUT2D eigenvalue weighted by atomic mass is 35.5. The quantitative estimate of drug-likeness (QED) is 0.704. The van der Waals surface area contributed by atoms with Gasteiger partial charge in [-0.15, -0.1) is 0 Å². The van der Waals surface area contributed by atoms with Crippen molar-refractivity contribution in [2.45, 2.75) is 34.1 Å². The predicted octanol–water partition coefficient (Wildman–Crippen LogP) is 4.19. The molecule has 15 heavy (non-hydrogen) atoms. The number of rotatable bonds is 3. The SMILES string of the molecule is Cc1cc(C(=O)CC(C)C)c(C)cc1Cl. The number of aryl methyl sites for hydroxylation is 2. The number of hydrogen-bond donors (Lipinski definition) is 0. The molecule has 0 saturated heterocycles. The van der Waals surface area contributed by atoms with E-state index >= 15 is 0 Å². The van der Waals surface area contributed by atoms with Crippen LogP contribution in [0.15, 0.2) is 12.1 Å². The first kappa shape index (κ1) is 12.3. The van der Waals surface area contributed by atoms with Gasteiger partial charge in [-0.25, -0.2) is 0 Å². The fourth-order valence-electron chi connectivity index (χ4n) is 1.56. The summed E-state index contributed by atoms with van der Waals surface area (Å²) < 4.78 is 0. The molecule has 0 N–H and O–H groups in total. The van der Waals surface area contributed by atoms with Crippen molar-refractivity contribution in [3.8, 4) is 0 Å². The van der Waals surface area contributed by atoms with Crippen LogP contribution in [0, 0.1) is 19.8 Å². The van der Waals surface area contributed by atoms with Crippen molar-refractivity contribution >= 4 is 17.4 Å². The Morgan fingerprint density at radius 2 is 1.87 bits per heavy atom. The Morgan fingerprint density at radius 1 is 1.27 bits per heavy atom. The molecular weight excluding hydrogens is 208 g/mol. The van der Waals surface area contributed by atoms with Crippen molar-refractivity contribution in [1.29, 1.82) is 0 Å². The number of halogens is 1. The van der Waals surface area contributed by atoms with Gasteiger partial charge in [0, 0.05) is 17.0 Å². The van der Waals surface area contributed by atoms with Gasteiger partial charge in [-0.2, -0.15) is 0 Å². The second-order valence-electron chi connectivity index (χ2n) is 4.44. The number of ketones is 1. The Bertz CT molecular complexity index is 380. The molecule has 0 spiro atoms. The van der Waals surface area contributed by atoms with Crippen LogP contribution in [-0.2, 0) is 0 Å². The van der Waals surface area contributed by atoms with Crippen molar-refractivity contribution < 1.29 is 4.79 Å². The van der Waals surface area contributed by atoms with Crippen molar-refractivity contribution in [3.63, 3.8) is 0 Å². The molecule has 1 nitrogen and oxygen atoms in total. The Labute approximate surface area is 96.5 Å². The average molecular weight is 225 g/mol. The Hall–Kier alpha value is -0.820. The van der Waals surface area contributed by atoms with Crippen LogP contribution >= 0.6 is 11.6 Å². The molecule has 1 rings (SSSR count). The molecule has 82 valence electrons. The van der Waals surface area contributed by atoms with E-state index in [1.54, 1.807) is 0 Å². The molecule has 0 aromatic heterocycles. The Kier molecular flexibility index (Phi) is 3.92. The number of benzene rings is 1. The van der Waals surface area contributed by atoms with Gasteiger partial charge in [0.25, 0.3) is 0 Å². The van der Waals surface area contributed by atoms with Crippen LogP contribution in [0.25, 0.3) is 0 Å². The van der Waals surface area contributed by atoms with Gasteiger partial charge in [-0.3, -0.25) is 4.79 Å². The summed E-state index contributed by atoms with van der Waals surface area (Å²) in [6, 6.07) is 3.76. The van der Waals surface area contributed by atoms with Gasteiger partial charge < -0.3 is 0 Å². The Balaban J connectivity index is 3.04. The van der Waals surface area contributed by atoms with E-state index in [4.69, 9.17) is 11.6 Å². The first-order chi connectivity index (χ1) is 6.91. The minimum absolute atomic E-state index is 0.210. The molecule has 0 atom stereocenters. The molecule has 1 aromatic rings. The highest BCUT2D eigenvalue weighted by molar-refractivity contribution is 6.31. The summed E-state index contributed by atoms with van der Waals surface area (Å²) in [6.07, 6.45) is 0.599. The maximum Gasteiger partial charge on any atom is 0.163 e. The highest BCUT2D eigenvalue weighted by Gasteiger charge is 2.12. The molecule has 0 bridgehead atoms. The molecule has 0 aliphatic rings. The topological polar surface area (TPSA) is 17.1 Å². The number of carbonyl (C=O) groups is 1. The lowest BCUT2D eigenvalue weighted by Gasteiger charge is -2.09. The molecule has 1 aromatic carbocycles. The summed E-state index contributed by atoms with van der Waals surface area (Å²) in [5.41, 5.74) is 2.75. The van der Waals surface area contributed by atoms with E-state index in [-0.39, 0.29) is 5.78 Å². The first-order valence-electron chi connectivity index (χ1n) is 5.21. The van der Waals surface area contributed by atoms with Crippen LogP contribution in [-0.4, -0.2) is 5.78 Å². The number of carbonyl (C=O) groups excluding carboxylic acids is 1. The Morgan fingerprint density at radius 3 is 2.40 bits per heavy atom. The molecule has 0 aliphatic heterocycles. The summed E-state index contributed by atoms with van der Waals surface area (Å²) in [5, 5.41) is 0.730. The van der Waals surface area contributed by atoms with E-state index in [0.717, 1.165) is 21.7 Å². The molecule has 0 radical (unpaired) electrons. The summed E-state index contributed by atoms with van der Waals surface area (Å²) in [7, 11) is 0. The molecule has 2 heteroatoms. The van der Waals surface area contributed by atoms with Crippen LogP contribution in [0.4, 0.5) is 0 Å². The number of Topliss-reactive ketones (excluding diaryl/α,β-unsaturated/α-hetero) is 1. The van der Waals surface area contributed by atoms with Gasteiger partial charge in [-0.05, 0) is 43.0 Å². The van der Waals surface area contributed by atoms with Gasteiger partial charge in [0.2, 0.25) is 0 Å². The van der Waals surface area contributed by atoms with E-state index in [0.29, 0.717) is 12.3 Å². The summed E-state index contributed by atoms with van der Waals surface area (Å²) in [6.45, 7) is 7.96. The van der Waals surface area contributed by atoms with E-state index in [1.807, 2.05) is 26.0 Å². The van der Waals surface area contributed by atoms with Gasteiger partial charge in [-0.1, -0.05) is 25.4 Å². The molecule has 0 amide bonds. The highest BCUT2D eigenvalue weighted by Crippen LogP contribution is 2.22. The minimum atomic E-state index is 0.210. The van der Waals surface area contributed by atoms with Crippen molar-refractivity contribution in [2.75, 3.05) is 0 Å². The van der Waals surface area contributed by atoms with E-state index in [9.17, 15) is 4.79 Å². The molecule has 0 heterocycles. The average Bonchev–Trinajstić information content (AvgIpc) is 2.09. The minimum Gasteiger partial charge on any atom is -0.294 e. The van der Waals surface area contributed by atoms with Gasteiger partial charge in [0.1, 0.15) is 0 Å². The maximum absolute atomic E-state index is 11.9. The van der Waals surface area contributed by atoms with Gasteiger partial charge >= 0.3 is 0 Å². The lowest BCUT2D eigenvalue weighted by molar-refractivity contribution is 0.0967. The molecule has 0 fully saturated rings. The predicted molar refractivity (Wildman–Crippen MR) is 64.7 cm³/mol. The largest absolute Gasteiger partial charge is 0.294 e. The fourth-order valence-corrected chi connectivity index (χ4v) is 1.78. The smallest absolute Gasteiger partial charge is 0.163 e. The first-order valence-corrected chi connectivity index (χ1v) is 5.59. The zero-order valence-corrected chi connectivity index (χ0v) is 10.5.